The smallest absolute Gasteiger partial charge is 0.211 e. The zero-order valence-electron chi connectivity index (χ0n) is 10.7. The van der Waals surface area contributed by atoms with Crippen LogP contribution < -0.4 is 0 Å². The van der Waals surface area contributed by atoms with E-state index in [1.807, 2.05) is 18.2 Å². The van der Waals surface area contributed by atoms with Crippen LogP contribution in [-0.2, 0) is 16.6 Å². The van der Waals surface area contributed by atoms with Crippen molar-refractivity contribution in [3.63, 3.8) is 0 Å². The van der Waals surface area contributed by atoms with E-state index in [1.165, 1.54) is 11.8 Å². The molecule has 1 fully saturated rings. The van der Waals surface area contributed by atoms with Crippen LogP contribution in [0.25, 0.3) is 0 Å². The number of rotatable bonds is 3. The highest BCUT2D eigenvalue weighted by atomic mass is 32.2. The van der Waals surface area contributed by atoms with Gasteiger partial charge in [-0.3, -0.25) is 4.90 Å². The van der Waals surface area contributed by atoms with Crippen LogP contribution in [0.1, 0.15) is 12.0 Å². The molecule has 0 aliphatic carbocycles. The fourth-order valence-corrected chi connectivity index (χ4v) is 3.15. The molecule has 1 aliphatic rings. The fraction of sp³-hybridized carbons (Fsp3) is 0.538. The van der Waals surface area contributed by atoms with Crippen LogP contribution in [0.4, 0.5) is 0 Å². The molecule has 100 valence electrons. The number of nitrogens with zero attached hydrogens (tertiary/aromatic N) is 2. The van der Waals surface area contributed by atoms with Crippen molar-refractivity contribution in [2.24, 2.45) is 0 Å². The van der Waals surface area contributed by atoms with E-state index in [4.69, 9.17) is 0 Å². The third-order valence-corrected chi connectivity index (χ3v) is 4.57. The fourth-order valence-electron chi connectivity index (χ4n) is 2.28. The molecule has 0 aromatic heterocycles. The van der Waals surface area contributed by atoms with Gasteiger partial charge < -0.3 is 0 Å². The summed E-state index contributed by atoms with van der Waals surface area (Å²) in [5.74, 6) is 0. The number of hydrogen-bond donors (Lipinski definition) is 0. The zero-order chi connectivity index (χ0) is 13.0. The Morgan fingerprint density at radius 1 is 1.06 bits per heavy atom. The summed E-state index contributed by atoms with van der Waals surface area (Å²) in [6.07, 6.45) is 2.19. The van der Waals surface area contributed by atoms with E-state index in [0.717, 1.165) is 26.1 Å². The highest BCUT2D eigenvalue weighted by Crippen LogP contribution is 2.10. The van der Waals surface area contributed by atoms with Crippen LogP contribution in [0.3, 0.4) is 0 Å². The van der Waals surface area contributed by atoms with Gasteiger partial charge in [0.2, 0.25) is 10.0 Å². The van der Waals surface area contributed by atoms with Gasteiger partial charge in [0.05, 0.1) is 6.26 Å². The van der Waals surface area contributed by atoms with Crippen LogP contribution in [0.2, 0.25) is 0 Å². The van der Waals surface area contributed by atoms with Crippen molar-refractivity contribution in [1.82, 2.24) is 9.21 Å². The maximum absolute atomic E-state index is 11.5. The minimum absolute atomic E-state index is 0.603. The first-order valence-electron chi connectivity index (χ1n) is 6.27. The van der Waals surface area contributed by atoms with Gasteiger partial charge in [-0.1, -0.05) is 30.3 Å². The summed E-state index contributed by atoms with van der Waals surface area (Å²) in [4.78, 5) is 2.32. The maximum Gasteiger partial charge on any atom is 0.211 e. The second-order valence-electron chi connectivity index (χ2n) is 4.78. The first kappa shape index (κ1) is 13.5. The molecule has 5 heteroatoms. The molecule has 0 bridgehead atoms. The van der Waals surface area contributed by atoms with Gasteiger partial charge >= 0.3 is 0 Å². The summed E-state index contributed by atoms with van der Waals surface area (Å²) in [6.45, 7) is 3.91. The van der Waals surface area contributed by atoms with Crippen molar-refractivity contribution in [3.05, 3.63) is 35.9 Å². The predicted octanol–water partition coefficient (Wildman–Crippen LogP) is 1.15. The van der Waals surface area contributed by atoms with E-state index in [-0.39, 0.29) is 0 Å². The van der Waals surface area contributed by atoms with Gasteiger partial charge in [-0.2, -0.15) is 0 Å². The largest absolute Gasteiger partial charge is 0.298 e. The molecule has 1 heterocycles. The third-order valence-electron chi connectivity index (χ3n) is 3.27. The number of sulfonamides is 1. The Bertz CT molecular complexity index is 473. The van der Waals surface area contributed by atoms with Crippen molar-refractivity contribution in [2.75, 3.05) is 32.4 Å². The lowest BCUT2D eigenvalue weighted by molar-refractivity contribution is 0.279. The average molecular weight is 268 g/mol. The summed E-state index contributed by atoms with van der Waals surface area (Å²) in [5, 5.41) is 0. The second kappa shape index (κ2) is 5.82. The molecule has 0 N–H and O–H groups in total. The highest BCUT2D eigenvalue weighted by molar-refractivity contribution is 7.88. The van der Waals surface area contributed by atoms with E-state index in [2.05, 4.69) is 17.0 Å². The van der Waals surface area contributed by atoms with Crippen molar-refractivity contribution >= 4 is 10.0 Å². The first-order valence-corrected chi connectivity index (χ1v) is 8.12. The Morgan fingerprint density at radius 3 is 2.44 bits per heavy atom. The third kappa shape index (κ3) is 3.80. The minimum atomic E-state index is -3.04. The molecule has 2 rings (SSSR count). The lowest BCUT2D eigenvalue weighted by atomic mass is 10.2. The number of benzene rings is 1. The van der Waals surface area contributed by atoms with E-state index in [9.17, 15) is 8.42 Å². The topological polar surface area (TPSA) is 40.6 Å². The molecular formula is C13H20N2O2S. The summed E-state index contributed by atoms with van der Waals surface area (Å²) in [7, 11) is -3.04. The second-order valence-corrected chi connectivity index (χ2v) is 6.76. The van der Waals surface area contributed by atoms with Crippen LogP contribution >= 0.6 is 0 Å². The normalized spacial score (nSPS) is 19.6. The predicted molar refractivity (Wildman–Crippen MR) is 72.8 cm³/mol. The molecule has 0 saturated carbocycles. The molecule has 1 aromatic carbocycles. The van der Waals surface area contributed by atoms with Gasteiger partial charge in [0.15, 0.2) is 0 Å². The van der Waals surface area contributed by atoms with E-state index < -0.39 is 10.0 Å². The Labute approximate surface area is 109 Å². The Hall–Kier alpha value is -0.910. The SMILES string of the molecule is CS(=O)(=O)N1CCCN(Cc2ccccc2)CC1. The van der Waals surface area contributed by atoms with Crippen molar-refractivity contribution in [1.29, 1.82) is 0 Å². The molecule has 1 aromatic rings. The van der Waals surface area contributed by atoms with Crippen molar-refractivity contribution in [3.8, 4) is 0 Å². The molecule has 18 heavy (non-hydrogen) atoms. The van der Waals surface area contributed by atoms with E-state index >= 15 is 0 Å². The molecule has 0 amide bonds. The van der Waals surface area contributed by atoms with Gasteiger partial charge in [-0.15, -0.1) is 0 Å². The van der Waals surface area contributed by atoms with E-state index in [0.29, 0.717) is 13.1 Å². The number of hydrogen-bond acceptors (Lipinski definition) is 3. The quantitative estimate of drug-likeness (QED) is 0.826. The zero-order valence-corrected chi connectivity index (χ0v) is 11.6. The Balaban J connectivity index is 1.94. The average Bonchev–Trinajstić information content (AvgIpc) is 2.55. The molecule has 1 saturated heterocycles. The molecule has 0 spiro atoms. The molecule has 0 radical (unpaired) electrons. The minimum Gasteiger partial charge on any atom is -0.298 e. The first-order chi connectivity index (χ1) is 8.55. The molecule has 0 atom stereocenters. The summed E-state index contributed by atoms with van der Waals surface area (Å²) in [5.41, 5.74) is 1.28. The van der Waals surface area contributed by atoms with Gasteiger partial charge in [0.1, 0.15) is 0 Å². The highest BCUT2D eigenvalue weighted by Gasteiger charge is 2.21. The molecule has 0 unspecified atom stereocenters. The summed E-state index contributed by atoms with van der Waals surface area (Å²) >= 11 is 0. The van der Waals surface area contributed by atoms with Gasteiger partial charge in [0.25, 0.3) is 0 Å². The van der Waals surface area contributed by atoms with Gasteiger partial charge in [0, 0.05) is 26.2 Å². The summed E-state index contributed by atoms with van der Waals surface area (Å²) < 4.78 is 24.6. The van der Waals surface area contributed by atoms with Crippen LogP contribution in [0.5, 0.6) is 0 Å². The Morgan fingerprint density at radius 2 is 1.78 bits per heavy atom. The summed E-state index contributed by atoms with van der Waals surface area (Å²) in [6, 6.07) is 10.3. The molecule has 4 nitrogen and oxygen atoms in total. The monoisotopic (exact) mass is 268 g/mol. The Kier molecular flexibility index (Phi) is 4.37. The lowest BCUT2D eigenvalue weighted by Gasteiger charge is -2.20. The molecular weight excluding hydrogens is 248 g/mol. The van der Waals surface area contributed by atoms with Crippen molar-refractivity contribution < 1.29 is 8.42 Å². The van der Waals surface area contributed by atoms with Gasteiger partial charge in [-0.05, 0) is 18.5 Å². The van der Waals surface area contributed by atoms with Crippen LogP contribution in [0, 0.1) is 0 Å². The standard InChI is InChI=1S/C13H20N2O2S/c1-18(16,17)15-9-5-8-14(10-11-15)12-13-6-3-2-4-7-13/h2-4,6-7H,5,8-12H2,1H3. The van der Waals surface area contributed by atoms with Crippen LogP contribution in [-0.4, -0.2) is 50.1 Å². The van der Waals surface area contributed by atoms with Gasteiger partial charge in [-0.25, -0.2) is 12.7 Å². The van der Waals surface area contributed by atoms with Crippen LogP contribution in [0.15, 0.2) is 30.3 Å². The van der Waals surface area contributed by atoms with E-state index in [1.54, 1.807) is 4.31 Å². The van der Waals surface area contributed by atoms with Crippen molar-refractivity contribution in [2.45, 2.75) is 13.0 Å². The molecule has 1 aliphatic heterocycles. The maximum atomic E-state index is 11.5. The lowest BCUT2D eigenvalue weighted by Crippen LogP contribution is -2.34.